The average Bonchev–Trinajstić information content (AvgIpc) is 2.73. The molecule has 16 heavy (non-hydrogen) atoms. The van der Waals surface area contributed by atoms with Crippen molar-refractivity contribution in [3.05, 3.63) is 48.9 Å². The van der Waals surface area contributed by atoms with Crippen molar-refractivity contribution in [2.75, 3.05) is 0 Å². The van der Waals surface area contributed by atoms with Gasteiger partial charge in [-0.25, -0.2) is 4.68 Å². The molecule has 4 nitrogen and oxygen atoms in total. The Kier molecular flexibility index (Phi) is 1.86. The largest absolute Gasteiger partial charge is 0.506 e. The zero-order valence-corrected chi connectivity index (χ0v) is 8.41. The molecular weight excluding hydrogens is 202 g/mol. The van der Waals surface area contributed by atoms with Crippen molar-refractivity contribution in [1.82, 2.24) is 14.8 Å². The molecule has 0 saturated heterocycles. The summed E-state index contributed by atoms with van der Waals surface area (Å²) in [5, 5.41) is 15.1. The zero-order valence-electron chi connectivity index (χ0n) is 8.41. The van der Waals surface area contributed by atoms with Crippen molar-refractivity contribution in [3.8, 4) is 11.4 Å². The lowest BCUT2D eigenvalue weighted by Gasteiger charge is -2.01. The van der Waals surface area contributed by atoms with Crippen molar-refractivity contribution < 1.29 is 5.11 Å². The van der Waals surface area contributed by atoms with Crippen molar-refractivity contribution in [3.63, 3.8) is 0 Å². The van der Waals surface area contributed by atoms with Crippen LogP contribution in [-0.2, 0) is 0 Å². The molecular formula is C12H9N3O. The van der Waals surface area contributed by atoms with E-state index in [1.165, 1.54) is 0 Å². The molecule has 0 radical (unpaired) electrons. The lowest BCUT2D eigenvalue weighted by molar-refractivity contribution is 0.469. The van der Waals surface area contributed by atoms with E-state index in [1.54, 1.807) is 23.1 Å². The van der Waals surface area contributed by atoms with Crippen LogP contribution in [0, 0.1) is 0 Å². The van der Waals surface area contributed by atoms with E-state index >= 15 is 0 Å². The van der Waals surface area contributed by atoms with Gasteiger partial charge in [0.1, 0.15) is 11.4 Å². The van der Waals surface area contributed by atoms with Gasteiger partial charge < -0.3 is 5.11 Å². The third-order valence-corrected chi connectivity index (χ3v) is 2.44. The molecule has 3 aromatic rings. The summed E-state index contributed by atoms with van der Waals surface area (Å²) in [5.74, 6) is 0.169. The van der Waals surface area contributed by atoms with Gasteiger partial charge in [-0.3, -0.25) is 4.98 Å². The molecule has 2 aromatic heterocycles. The van der Waals surface area contributed by atoms with Gasteiger partial charge in [0.2, 0.25) is 0 Å². The monoisotopic (exact) mass is 211 g/mol. The number of aromatic nitrogens is 3. The van der Waals surface area contributed by atoms with Crippen LogP contribution >= 0.6 is 0 Å². The Labute approximate surface area is 91.8 Å². The number of hydrogen-bond donors (Lipinski definition) is 1. The van der Waals surface area contributed by atoms with E-state index in [-0.39, 0.29) is 5.75 Å². The van der Waals surface area contributed by atoms with Gasteiger partial charge in [0, 0.05) is 23.8 Å². The smallest absolute Gasteiger partial charge is 0.144 e. The number of fused-ring (bicyclic) bond motifs is 1. The number of rotatable bonds is 1. The first-order valence-electron chi connectivity index (χ1n) is 4.92. The molecule has 0 fully saturated rings. The summed E-state index contributed by atoms with van der Waals surface area (Å²) in [6.45, 7) is 0. The maximum atomic E-state index is 9.69. The molecule has 0 unspecified atom stereocenters. The van der Waals surface area contributed by atoms with E-state index in [1.807, 2.05) is 30.5 Å². The van der Waals surface area contributed by atoms with Crippen molar-refractivity contribution >= 4 is 10.9 Å². The number of hydrogen-bond acceptors (Lipinski definition) is 3. The standard InChI is InChI=1S/C12H9N3O/c16-12-5-6-13-7-11(12)15-8-9-3-1-2-4-10(9)14-15/h1-8H,(H,13,16). The highest BCUT2D eigenvalue weighted by Crippen LogP contribution is 2.21. The Morgan fingerprint density at radius 2 is 2.00 bits per heavy atom. The van der Waals surface area contributed by atoms with Gasteiger partial charge in [-0.1, -0.05) is 18.2 Å². The van der Waals surface area contributed by atoms with Gasteiger partial charge >= 0.3 is 0 Å². The van der Waals surface area contributed by atoms with Crippen LogP contribution in [0.5, 0.6) is 5.75 Å². The molecule has 0 aliphatic rings. The molecule has 4 heteroatoms. The summed E-state index contributed by atoms with van der Waals surface area (Å²) in [4.78, 5) is 3.97. The van der Waals surface area contributed by atoms with Crippen molar-refractivity contribution in [2.45, 2.75) is 0 Å². The second-order valence-corrected chi connectivity index (χ2v) is 3.50. The number of nitrogens with zero attached hydrogens (tertiary/aromatic N) is 3. The van der Waals surface area contributed by atoms with Gasteiger partial charge in [0.15, 0.2) is 0 Å². The zero-order chi connectivity index (χ0) is 11.0. The molecule has 0 bridgehead atoms. The predicted molar refractivity (Wildman–Crippen MR) is 60.5 cm³/mol. The van der Waals surface area contributed by atoms with E-state index in [2.05, 4.69) is 10.1 Å². The Hall–Kier alpha value is -2.36. The topological polar surface area (TPSA) is 50.9 Å². The second kappa shape index (κ2) is 3.34. The summed E-state index contributed by atoms with van der Waals surface area (Å²) in [7, 11) is 0. The maximum Gasteiger partial charge on any atom is 0.144 e. The van der Waals surface area contributed by atoms with E-state index in [4.69, 9.17) is 0 Å². The minimum absolute atomic E-state index is 0.169. The molecule has 0 aliphatic heterocycles. The first kappa shape index (κ1) is 8.91. The van der Waals surface area contributed by atoms with Crippen LogP contribution in [0.3, 0.4) is 0 Å². The minimum Gasteiger partial charge on any atom is -0.506 e. The van der Waals surface area contributed by atoms with E-state index in [0.29, 0.717) is 5.69 Å². The van der Waals surface area contributed by atoms with Gasteiger partial charge in [0.05, 0.1) is 11.7 Å². The Morgan fingerprint density at radius 3 is 2.81 bits per heavy atom. The molecule has 1 aromatic carbocycles. The Bertz CT molecular complexity index is 612. The Morgan fingerprint density at radius 1 is 1.12 bits per heavy atom. The third-order valence-electron chi connectivity index (χ3n) is 2.44. The summed E-state index contributed by atoms with van der Waals surface area (Å²) in [6.07, 6.45) is 5.00. The molecule has 1 N–H and O–H groups in total. The van der Waals surface area contributed by atoms with Crippen LogP contribution in [-0.4, -0.2) is 19.9 Å². The predicted octanol–water partition coefficient (Wildman–Crippen LogP) is 2.13. The molecule has 3 rings (SSSR count). The fraction of sp³-hybridized carbons (Fsp3) is 0. The first-order chi connectivity index (χ1) is 7.84. The lowest BCUT2D eigenvalue weighted by Crippen LogP contribution is -1.95. The maximum absolute atomic E-state index is 9.69. The third kappa shape index (κ3) is 1.32. The quantitative estimate of drug-likeness (QED) is 0.670. The fourth-order valence-electron chi connectivity index (χ4n) is 1.64. The summed E-state index contributed by atoms with van der Waals surface area (Å²) in [5.41, 5.74) is 1.48. The van der Waals surface area contributed by atoms with Gasteiger partial charge in [-0.2, -0.15) is 5.10 Å². The Balaban J connectivity index is 2.23. The second-order valence-electron chi connectivity index (χ2n) is 3.50. The average molecular weight is 211 g/mol. The SMILES string of the molecule is Oc1ccncc1-n1cc2ccccc2n1. The fourth-order valence-corrected chi connectivity index (χ4v) is 1.64. The van der Waals surface area contributed by atoms with Crippen LogP contribution in [0.25, 0.3) is 16.6 Å². The number of aromatic hydroxyl groups is 1. The molecule has 2 heterocycles. The molecule has 0 spiro atoms. The van der Waals surface area contributed by atoms with Crippen LogP contribution < -0.4 is 0 Å². The van der Waals surface area contributed by atoms with Crippen LogP contribution in [0.2, 0.25) is 0 Å². The molecule has 78 valence electrons. The normalized spacial score (nSPS) is 10.8. The summed E-state index contributed by atoms with van der Waals surface area (Å²) < 4.78 is 1.63. The first-order valence-corrected chi connectivity index (χ1v) is 4.92. The summed E-state index contributed by atoms with van der Waals surface area (Å²) >= 11 is 0. The molecule has 0 atom stereocenters. The highest BCUT2D eigenvalue weighted by atomic mass is 16.3. The van der Waals surface area contributed by atoms with Crippen LogP contribution in [0.15, 0.2) is 48.9 Å². The van der Waals surface area contributed by atoms with Gasteiger partial charge in [-0.15, -0.1) is 0 Å². The van der Waals surface area contributed by atoms with E-state index in [9.17, 15) is 5.11 Å². The van der Waals surface area contributed by atoms with Crippen molar-refractivity contribution in [1.29, 1.82) is 0 Å². The van der Waals surface area contributed by atoms with Crippen LogP contribution in [0.4, 0.5) is 0 Å². The highest BCUT2D eigenvalue weighted by molar-refractivity contribution is 5.78. The number of benzene rings is 1. The van der Waals surface area contributed by atoms with E-state index in [0.717, 1.165) is 10.9 Å². The highest BCUT2D eigenvalue weighted by Gasteiger charge is 2.05. The minimum atomic E-state index is 0.169. The van der Waals surface area contributed by atoms with Crippen molar-refractivity contribution in [2.24, 2.45) is 0 Å². The van der Waals surface area contributed by atoms with Crippen LogP contribution in [0.1, 0.15) is 0 Å². The molecule has 0 aliphatic carbocycles. The molecule has 0 amide bonds. The number of pyridine rings is 1. The molecule has 0 saturated carbocycles. The lowest BCUT2D eigenvalue weighted by atomic mass is 10.3. The van der Waals surface area contributed by atoms with E-state index < -0.39 is 0 Å². The van der Waals surface area contributed by atoms with Gasteiger partial charge in [0.25, 0.3) is 0 Å². The van der Waals surface area contributed by atoms with Gasteiger partial charge in [-0.05, 0) is 6.07 Å². The summed E-state index contributed by atoms with van der Waals surface area (Å²) in [6, 6.07) is 9.34.